The lowest BCUT2D eigenvalue weighted by atomic mass is 10.1. The number of thioether (sulfide) groups is 1. The SMILES string of the molecule is O=C(O)c1ccc(CSc2nc(-c3cccs3)cc(=O)[nH]2)cc1. The van der Waals surface area contributed by atoms with E-state index >= 15 is 0 Å². The lowest BCUT2D eigenvalue weighted by Crippen LogP contribution is -2.07. The van der Waals surface area contributed by atoms with Crippen molar-refractivity contribution < 1.29 is 9.90 Å². The summed E-state index contributed by atoms with van der Waals surface area (Å²) in [5.74, 6) is -0.352. The molecule has 7 heteroatoms. The maximum absolute atomic E-state index is 11.8. The van der Waals surface area contributed by atoms with Crippen molar-refractivity contribution in [2.24, 2.45) is 0 Å². The summed E-state index contributed by atoms with van der Waals surface area (Å²) in [5, 5.41) is 11.4. The Morgan fingerprint density at radius 3 is 2.70 bits per heavy atom. The Bertz CT molecular complexity index is 871. The normalized spacial score (nSPS) is 10.6. The third-order valence-electron chi connectivity index (χ3n) is 3.07. The van der Waals surface area contributed by atoms with E-state index in [1.165, 1.54) is 29.2 Å². The number of nitrogens with one attached hydrogen (secondary N) is 1. The van der Waals surface area contributed by atoms with Crippen molar-refractivity contribution in [1.82, 2.24) is 9.97 Å². The molecule has 0 atom stereocenters. The van der Waals surface area contributed by atoms with Crippen LogP contribution in [0.5, 0.6) is 0 Å². The molecule has 0 spiro atoms. The van der Waals surface area contributed by atoms with Crippen LogP contribution >= 0.6 is 23.1 Å². The van der Waals surface area contributed by atoms with Gasteiger partial charge in [-0.25, -0.2) is 9.78 Å². The molecule has 3 rings (SSSR count). The minimum atomic E-state index is -0.946. The molecule has 0 aliphatic rings. The van der Waals surface area contributed by atoms with Crippen LogP contribution in [0.4, 0.5) is 0 Å². The zero-order valence-electron chi connectivity index (χ0n) is 11.9. The van der Waals surface area contributed by atoms with Gasteiger partial charge in [0, 0.05) is 11.8 Å². The van der Waals surface area contributed by atoms with Crippen molar-refractivity contribution in [2.75, 3.05) is 0 Å². The largest absolute Gasteiger partial charge is 0.478 e. The molecular formula is C16H12N2O3S2. The van der Waals surface area contributed by atoms with Crippen LogP contribution < -0.4 is 5.56 Å². The monoisotopic (exact) mass is 344 g/mol. The molecule has 0 aliphatic carbocycles. The fraction of sp³-hybridized carbons (Fsp3) is 0.0625. The van der Waals surface area contributed by atoms with Gasteiger partial charge in [0.1, 0.15) is 0 Å². The number of hydrogen-bond donors (Lipinski definition) is 2. The lowest BCUT2D eigenvalue weighted by molar-refractivity contribution is 0.0697. The fourth-order valence-corrected chi connectivity index (χ4v) is 3.47. The number of aromatic carboxylic acids is 1. The van der Waals surface area contributed by atoms with Crippen molar-refractivity contribution in [3.63, 3.8) is 0 Å². The summed E-state index contributed by atoms with van der Waals surface area (Å²) in [6.07, 6.45) is 0. The highest BCUT2D eigenvalue weighted by atomic mass is 32.2. The van der Waals surface area contributed by atoms with E-state index in [0.29, 0.717) is 16.6 Å². The highest BCUT2D eigenvalue weighted by Gasteiger charge is 2.07. The van der Waals surface area contributed by atoms with E-state index in [9.17, 15) is 9.59 Å². The molecule has 2 heterocycles. The fourth-order valence-electron chi connectivity index (χ4n) is 1.95. The highest BCUT2D eigenvalue weighted by molar-refractivity contribution is 7.98. The number of benzene rings is 1. The van der Waals surface area contributed by atoms with Gasteiger partial charge >= 0.3 is 5.97 Å². The minimum Gasteiger partial charge on any atom is -0.478 e. The molecule has 0 radical (unpaired) electrons. The molecule has 116 valence electrons. The highest BCUT2D eigenvalue weighted by Crippen LogP contribution is 2.24. The number of carboxylic acids is 1. The van der Waals surface area contributed by atoms with E-state index < -0.39 is 5.97 Å². The van der Waals surface area contributed by atoms with Gasteiger partial charge in [-0.15, -0.1) is 11.3 Å². The second kappa shape index (κ2) is 6.80. The summed E-state index contributed by atoms with van der Waals surface area (Å²) < 4.78 is 0. The van der Waals surface area contributed by atoms with Crippen LogP contribution in [0.25, 0.3) is 10.6 Å². The first kappa shape index (κ1) is 15.5. The van der Waals surface area contributed by atoms with Gasteiger partial charge in [-0.2, -0.15) is 0 Å². The zero-order valence-corrected chi connectivity index (χ0v) is 13.5. The molecule has 0 bridgehead atoms. The van der Waals surface area contributed by atoms with Crippen molar-refractivity contribution in [2.45, 2.75) is 10.9 Å². The number of aromatic nitrogens is 2. The van der Waals surface area contributed by atoms with E-state index in [-0.39, 0.29) is 11.1 Å². The Morgan fingerprint density at radius 2 is 2.04 bits per heavy atom. The van der Waals surface area contributed by atoms with Gasteiger partial charge in [-0.3, -0.25) is 4.79 Å². The number of carboxylic acid groups (broad SMARTS) is 1. The molecule has 0 saturated heterocycles. The predicted molar refractivity (Wildman–Crippen MR) is 91.1 cm³/mol. The number of nitrogens with zero attached hydrogens (tertiary/aromatic N) is 1. The van der Waals surface area contributed by atoms with E-state index in [1.54, 1.807) is 24.3 Å². The number of carbonyl (C=O) groups is 1. The standard InChI is InChI=1S/C16H12N2O3S2/c19-14-8-12(13-2-1-7-22-13)17-16(18-14)23-9-10-3-5-11(6-4-10)15(20)21/h1-8H,9H2,(H,20,21)(H,17,18,19). The van der Waals surface area contributed by atoms with Crippen LogP contribution in [-0.2, 0) is 5.75 Å². The smallest absolute Gasteiger partial charge is 0.335 e. The quantitative estimate of drug-likeness (QED) is 0.547. The predicted octanol–water partition coefficient (Wildman–Crippen LogP) is 3.49. The molecule has 0 saturated carbocycles. The molecular weight excluding hydrogens is 332 g/mol. The Hall–Kier alpha value is -2.38. The van der Waals surface area contributed by atoms with Gasteiger partial charge in [0.25, 0.3) is 5.56 Å². The summed E-state index contributed by atoms with van der Waals surface area (Å²) in [4.78, 5) is 30.7. The topological polar surface area (TPSA) is 83.0 Å². The van der Waals surface area contributed by atoms with Crippen LogP contribution in [0.1, 0.15) is 15.9 Å². The van der Waals surface area contributed by atoms with Crippen molar-refractivity contribution in [1.29, 1.82) is 0 Å². The van der Waals surface area contributed by atoms with Gasteiger partial charge in [-0.05, 0) is 29.1 Å². The molecule has 2 N–H and O–H groups in total. The van der Waals surface area contributed by atoms with Gasteiger partial charge < -0.3 is 10.1 Å². The molecule has 0 fully saturated rings. The number of rotatable bonds is 5. The summed E-state index contributed by atoms with van der Waals surface area (Å²) in [7, 11) is 0. The van der Waals surface area contributed by atoms with Crippen LogP contribution in [-0.4, -0.2) is 21.0 Å². The summed E-state index contributed by atoms with van der Waals surface area (Å²) in [6, 6.07) is 12.0. The molecule has 3 aromatic rings. The third-order valence-corrected chi connectivity index (χ3v) is 4.91. The Balaban J connectivity index is 1.75. The van der Waals surface area contributed by atoms with Gasteiger partial charge in [0.05, 0.1) is 16.1 Å². The van der Waals surface area contributed by atoms with Gasteiger partial charge in [0.15, 0.2) is 5.16 Å². The third kappa shape index (κ3) is 3.88. The van der Waals surface area contributed by atoms with E-state index in [0.717, 1.165) is 10.4 Å². The Morgan fingerprint density at radius 1 is 1.26 bits per heavy atom. The summed E-state index contributed by atoms with van der Waals surface area (Å²) in [6.45, 7) is 0. The molecule has 0 aliphatic heterocycles. The molecule has 23 heavy (non-hydrogen) atoms. The van der Waals surface area contributed by atoms with E-state index in [1.807, 2.05) is 17.5 Å². The van der Waals surface area contributed by atoms with E-state index in [2.05, 4.69) is 9.97 Å². The first-order valence-corrected chi connectivity index (χ1v) is 8.58. The lowest BCUT2D eigenvalue weighted by Gasteiger charge is -2.04. The number of thiophene rings is 1. The molecule has 5 nitrogen and oxygen atoms in total. The number of aromatic amines is 1. The molecule has 0 amide bonds. The van der Waals surface area contributed by atoms with Gasteiger partial charge in [0.2, 0.25) is 0 Å². The van der Waals surface area contributed by atoms with E-state index in [4.69, 9.17) is 5.11 Å². The van der Waals surface area contributed by atoms with Crippen molar-refractivity contribution >= 4 is 29.1 Å². The maximum atomic E-state index is 11.8. The summed E-state index contributed by atoms with van der Waals surface area (Å²) >= 11 is 2.94. The first-order chi connectivity index (χ1) is 11.1. The zero-order chi connectivity index (χ0) is 16.2. The van der Waals surface area contributed by atoms with Crippen LogP contribution in [0, 0.1) is 0 Å². The average molecular weight is 344 g/mol. The second-order valence-corrected chi connectivity index (χ2v) is 6.62. The van der Waals surface area contributed by atoms with Crippen molar-refractivity contribution in [3.8, 4) is 10.6 Å². The maximum Gasteiger partial charge on any atom is 0.335 e. The first-order valence-electron chi connectivity index (χ1n) is 6.72. The summed E-state index contributed by atoms with van der Waals surface area (Å²) in [5.41, 5.74) is 1.69. The Kier molecular flexibility index (Phi) is 4.59. The number of H-pyrrole nitrogens is 1. The van der Waals surface area contributed by atoms with Crippen LogP contribution in [0.2, 0.25) is 0 Å². The van der Waals surface area contributed by atoms with Crippen LogP contribution in [0.15, 0.2) is 57.8 Å². The van der Waals surface area contributed by atoms with Crippen LogP contribution in [0.3, 0.4) is 0 Å². The minimum absolute atomic E-state index is 0.188. The molecule has 2 aromatic heterocycles. The van der Waals surface area contributed by atoms with Gasteiger partial charge in [-0.1, -0.05) is 30.0 Å². The Labute approximate surface area is 140 Å². The van der Waals surface area contributed by atoms with Crippen molar-refractivity contribution in [3.05, 3.63) is 69.3 Å². The number of hydrogen-bond acceptors (Lipinski definition) is 5. The second-order valence-electron chi connectivity index (χ2n) is 4.70. The average Bonchev–Trinajstić information content (AvgIpc) is 3.07. The molecule has 1 aromatic carbocycles. The molecule has 0 unspecified atom stereocenters.